The Morgan fingerprint density at radius 1 is 1.15 bits per heavy atom. The number of esters is 1. The molecule has 2 amide bonds. The van der Waals surface area contributed by atoms with Crippen molar-refractivity contribution in [2.75, 3.05) is 11.9 Å². The molecule has 2 N–H and O–H groups in total. The van der Waals surface area contributed by atoms with Crippen LogP contribution < -0.4 is 10.6 Å². The van der Waals surface area contributed by atoms with E-state index < -0.39 is 24.5 Å². The lowest BCUT2D eigenvalue weighted by Crippen LogP contribution is -2.43. The zero-order valence-corrected chi connectivity index (χ0v) is 15.7. The fourth-order valence-electron chi connectivity index (χ4n) is 2.16. The standard InChI is InChI=1S/C18H19N3O5S/c1-11(22)14(8-13-6-4-3-5-7-13)20-16(24)9-26-17(25)15-10-27-18(21-15)19-12(2)23/h3-7,10,14H,8-9H2,1-2H3,(H,20,24)(H,19,21,23). The van der Waals surface area contributed by atoms with E-state index in [9.17, 15) is 19.2 Å². The molecule has 0 saturated heterocycles. The van der Waals surface area contributed by atoms with Crippen molar-refractivity contribution in [2.24, 2.45) is 0 Å². The molecule has 2 aromatic rings. The molecule has 9 heteroatoms. The van der Waals surface area contributed by atoms with Gasteiger partial charge in [0.05, 0.1) is 6.04 Å². The van der Waals surface area contributed by atoms with Gasteiger partial charge in [-0.2, -0.15) is 0 Å². The Balaban J connectivity index is 1.86. The van der Waals surface area contributed by atoms with Crippen LogP contribution in [0, 0.1) is 0 Å². The Morgan fingerprint density at radius 2 is 1.85 bits per heavy atom. The number of aromatic nitrogens is 1. The third kappa shape index (κ3) is 6.63. The number of ketones is 1. The summed E-state index contributed by atoms with van der Waals surface area (Å²) in [7, 11) is 0. The molecule has 1 atom stereocenters. The molecule has 8 nitrogen and oxygen atoms in total. The molecule has 0 aliphatic carbocycles. The van der Waals surface area contributed by atoms with Crippen LogP contribution in [-0.2, 0) is 25.5 Å². The van der Waals surface area contributed by atoms with Gasteiger partial charge < -0.3 is 15.4 Å². The minimum absolute atomic E-state index is 0.0102. The van der Waals surface area contributed by atoms with E-state index >= 15 is 0 Å². The van der Waals surface area contributed by atoms with Crippen molar-refractivity contribution >= 4 is 40.0 Å². The van der Waals surface area contributed by atoms with Crippen LogP contribution >= 0.6 is 11.3 Å². The number of carbonyl (C=O) groups excluding carboxylic acids is 4. The Bertz CT molecular complexity index is 835. The van der Waals surface area contributed by atoms with Gasteiger partial charge in [-0.15, -0.1) is 11.3 Å². The Hall–Kier alpha value is -3.07. The number of ether oxygens (including phenoxy) is 1. The van der Waals surface area contributed by atoms with Crippen LogP contribution in [0.3, 0.4) is 0 Å². The van der Waals surface area contributed by atoms with Crippen LogP contribution in [0.2, 0.25) is 0 Å². The molecule has 27 heavy (non-hydrogen) atoms. The van der Waals surface area contributed by atoms with Crippen LogP contribution in [0.25, 0.3) is 0 Å². The highest BCUT2D eigenvalue weighted by Crippen LogP contribution is 2.15. The van der Waals surface area contributed by atoms with Gasteiger partial charge in [-0.1, -0.05) is 30.3 Å². The lowest BCUT2D eigenvalue weighted by molar-refractivity contribution is -0.128. The lowest BCUT2D eigenvalue weighted by atomic mass is 10.0. The number of hydrogen-bond acceptors (Lipinski definition) is 7. The van der Waals surface area contributed by atoms with Crippen molar-refractivity contribution in [1.29, 1.82) is 0 Å². The van der Waals surface area contributed by atoms with E-state index in [1.54, 1.807) is 0 Å². The number of amides is 2. The molecule has 1 unspecified atom stereocenters. The van der Waals surface area contributed by atoms with Crippen molar-refractivity contribution in [3.63, 3.8) is 0 Å². The quantitative estimate of drug-likeness (QED) is 0.663. The van der Waals surface area contributed by atoms with Crippen LogP contribution in [-0.4, -0.2) is 41.2 Å². The maximum absolute atomic E-state index is 12.0. The topological polar surface area (TPSA) is 114 Å². The molecule has 0 saturated carbocycles. The predicted molar refractivity (Wildman–Crippen MR) is 99.5 cm³/mol. The van der Waals surface area contributed by atoms with Gasteiger partial charge in [0.15, 0.2) is 23.2 Å². The highest BCUT2D eigenvalue weighted by molar-refractivity contribution is 7.14. The molecule has 1 aromatic heterocycles. The molecular weight excluding hydrogens is 370 g/mol. The number of anilines is 1. The fraction of sp³-hybridized carbons (Fsp3) is 0.278. The van der Waals surface area contributed by atoms with Gasteiger partial charge >= 0.3 is 5.97 Å². The van der Waals surface area contributed by atoms with Crippen LogP contribution in [0.5, 0.6) is 0 Å². The first-order valence-electron chi connectivity index (χ1n) is 8.09. The van der Waals surface area contributed by atoms with Gasteiger partial charge in [0, 0.05) is 12.3 Å². The molecule has 0 radical (unpaired) electrons. The second-order valence-corrected chi connectivity index (χ2v) is 6.57. The second-order valence-electron chi connectivity index (χ2n) is 5.72. The summed E-state index contributed by atoms with van der Waals surface area (Å²) in [5.74, 6) is -1.88. The van der Waals surface area contributed by atoms with E-state index in [1.807, 2.05) is 30.3 Å². The minimum atomic E-state index is -0.791. The summed E-state index contributed by atoms with van der Waals surface area (Å²) in [5.41, 5.74) is 0.895. The van der Waals surface area contributed by atoms with E-state index in [0.29, 0.717) is 6.42 Å². The second kappa shape index (κ2) is 9.58. The van der Waals surface area contributed by atoms with Crippen molar-refractivity contribution in [3.05, 3.63) is 47.0 Å². The minimum Gasteiger partial charge on any atom is -0.451 e. The van der Waals surface area contributed by atoms with Crippen LogP contribution in [0.1, 0.15) is 29.9 Å². The van der Waals surface area contributed by atoms with Crippen LogP contribution in [0.15, 0.2) is 35.7 Å². The Kier molecular flexibility index (Phi) is 7.18. The summed E-state index contributed by atoms with van der Waals surface area (Å²) >= 11 is 1.07. The highest BCUT2D eigenvalue weighted by atomic mass is 32.1. The fourth-order valence-corrected chi connectivity index (χ4v) is 2.89. The number of hydrogen-bond donors (Lipinski definition) is 2. The molecule has 0 aliphatic rings. The number of thiazole rings is 1. The molecule has 1 aromatic carbocycles. The van der Waals surface area contributed by atoms with E-state index in [4.69, 9.17) is 4.74 Å². The van der Waals surface area contributed by atoms with E-state index in [-0.39, 0.29) is 22.5 Å². The van der Waals surface area contributed by atoms with E-state index in [2.05, 4.69) is 15.6 Å². The molecule has 0 fully saturated rings. The average molecular weight is 389 g/mol. The Morgan fingerprint density at radius 3 is 2.48 bits per heavy atom. The van der Waals surface area contributed by atoms with Crippen molar-refractivity contribution in [3.8, 4) is 0 Å². The molecule has 0 spiro atoms. The van der Waals surface area contributed by atoms with Crippen molar-refractivity contribution in [1.82, 2.24) is 10.3 Å². The summed E-state index contributed by atoms with van der Waals surface area (Å²) in [5, 5.41) is 6.69. The number of carbonyl (C=O) groups is 4. The van der Waals surface area contributed by atoms with Gasteiger partial charge in [0.25, 0.3) is 5.91 Å². The third-order valence-electron chi connectivity index (χ3n) is 3.44. The largest absolute Gasteiger partial charge is 0.451 e. The third-order valence-corrected chi connectivity index (χ3v) is 4.20. The van der Waals surface area contributed by atoms with Gasteiger partial charge in [-0.05, 0) is 18.9 Å². The van der Waals surface area contributed by atoms with Gasteiger partial charge in [0.1, 0.15) is 0 Å². The number of Topliss-reactive ketones (excluding diaryl/α,β-unsaturated/α-hetero) is 1. The highest BCUT2D eigenvalue weighted by Gasteiger charge is 2.19. The van der Waals surface area contributed by atoms with E-state index in [0.717, 1.165) is 16.9 Å². The summed E-state index contributed by atoms with van der Waals surface area (Å²) < 4.78 is 4.91. The summed E-state index contributed by atoms with van der Waals surface area (Å²) in [6.07, 6.45) is 0.349. The molecule has 0 bridgehead atoms. The number of nitrogens with zero attached hydrogens (tertiary/aromatic N) is 1. The van der Waals surface area contributed by atoms with E-state index in [1.165, 1.54) is 19.2 Å². The molecule has 1 heterocycles. The zero-order chi connectivity index (χ0) is 19.8. The predicted octanol–water partition coefficient (Wildman–Crippen LogP) is 1.57. The van der Waals surface area contributed by atoms with Crippen molar-refractivity contribution in [2.45, 2.75) is 26.3 Å². The Labute approximate surface area is 159 Å². The molecular formula is C18H19N3O5S. The smallest absolute Gasteiger partial charge is 0.358 e. The first kappa shape index (κ1) is 20.2. The molecule has 2 rings (SSSR count). The monoisotopic (exact) mass is 389 g/mol. The maximum Gasteiger partial charge on any atom is 0.358 e. The normalized spacial score (nSPS) is 11.3. The van der Waals surface area contributed by atoms with Gasteiger partial charge in [0.2, 0.25) is 5.91 Å². The molecule has 0 aliphatic heterocycles. The number of rotatable bonds is 8. The summed E-state index contributed by atoms with van der Waals surface area (Å²) in [4.78, 5) is 50.6. The maximum atomic E-state index is 12.0. The number of benzene rings is 1. The van der Waals surface area contributed by atoms with Gasteiger partial charge in [-0.25, -0.2) is 9.78 Å². The number of nitrogens with one attached hydrogen (secondary N) is 2. The summed E-state index contributed by atoms with van der Waals surface area (Å²) in [6, 6.07) is 8.57. The lowest BCUT2D eigenvalue weighted by Gasteiger charge is -2.16. The zero-order valence-electron chi connectivity index (χ0n) is 14.9. The van der Waals surface area contributed by atoms with Crippen molar-refractivity contribution < 1.29 is 23.9 Å². The van der Waals surface area contributed by atoms with Gasteiger partial charge in [-0.3, -0.25) is 14.4 Å². The SMILES string of the molecule is CC(=O)Nc1nc(C(=O)OCC(=O)NC(Cc2ccccc2)C(C)=O)cs1. The molecule has 142 valence electrons. The first-order valence-corrected chi connectivity index (χ1v) is 8.97. The summed E-state index contributed by atoms with van der Waals surface area (Å²) in [6.45, 7) is 2.17. The average Bonchev–Trinajstić information content (AvgIpc) is 3.07. The first-order chi connectivity index (χ1) is 12.8. The van der Waals surface area contributed by atoms with Crippen LogP contribution in [0.4, 0.5) is 5.13 Å².